The predicted octanol–water partition coefficient (Wildman–Crippen LogP) is 3.25. The van der Waals surface area contributed by atoms with Crippen LogP contribution in [-0.4, -0.2) is 11.3 Å². The van der Waals surface area contributed by atoms with Crippen molar-refractivity contribution in [2.24, 2.45) is 5.73 Å². The monoisotopic (exact) mass is 269 g/mol. The second kappa shape index (κ2) is 5.37. The highest BCUT2D eigenvalue weighted by Crippen LogP contribution is 2.28. The van der Waals surface area contributed by atoms with Crippen molar-refractivity contribution in [1.82, 2.24) is 0 Å². The van der Waals surface area contributed by atoms with E-state index in [1.54, 1.807) is 0 Å². The molecule has 0 bridgehead atoms. The summed E-state index contributed by atoms with van der Waals surface area (Å²) in [5.74, 6) is -0.476. The molecule has 0 amide bonds. The predicted molar refractivity (Wildman–Crippen MR) is 70.1 cm³/mol. The molecule has 2 nitrogen and oxygen atoms in total. The van der Waals surface area contributed by atoms with Crippen LogP contribution in [-0.2, 0) is 11.2 Å². The van der Waals surface area contributed by atoms with Gasteiger partial charge in [-0.15, -0.1) is 0 Å². The summed E-state index contributed by atoms with van der Waals surface area (Å²) in [7, 11) is 0. The summed E-state index contributed by atoms with van der Waals surface area (Å²) in [4.78, 5) is 12.2. The second-order valence-electron chi connectivity index (χ2n) is 5.05. The Labute approximate surface area is 111 Å². The zero-order chi connectivity index (χ0) is 13.2. The number of rotatable bonds is 3. The van der Waals surface area contributed by atoms with E-state index in [1.807, 2.05) is 0 Å². The van der Waals surface area contributed by atoms with Crippen LogP contribution < -0.4 is 5.73 Å². The van der Waals surface area contributed by atoms with E-state index >= 15 is 0 Å². The topological polar surface area (TPSA) is 43.1 Å². The Morgan fingerprint density at radius 3 is 2.67 bits per heavy atom. The van der Waals surface area contributed by atoms with Gasteiger partial charge in [-0.25, -0.2) is 4.39 Å². The third kappa shape index (κ3) is 2.90. The number of ketones is 1. The molecule has 0 aliphatic heterocycles. The number of carbonyl (C=O) groups excluding carboxylic acids is 1. The lowest BCUT2D eigenvalue weighted by molar-refractivity contribution is -0.124. The van der Waals surface area contributed by atoms with Crippen LogP contribution in [0.4, 0.5) is 4.39 Å². The van der Waals surface area contributed by atoms with E-state index in [0.717, 1.165) is 19.3 Å². The van der Waals surface area contributed by atoms with Gasteiger partial charge in [0.15, 0.2) is 5.78 Å². The lowest BCUT2D eigenvalue weighted by Crippen LogP contribution is -2.50. The van der Waals surface area contributed by atoms with Crippen LogP contribution in [0.1, 0.15) is 37.7 Å². The Kier molecular flexibility index (Phi) is 4.03. The molecule has 1 fully saturated rings. The van der Waals surface area contributed by atoms with Crippen molar-refractivity contribution in [3.05, 3.63) is 34.6 Å². The zero-order valence-electron chi connectivity index (χ0n) is 10.2. The summed E-state index contributed by atoms with van der Waals surface area (Å²) < 4.78 is 13.6. The van der Waals surface area contributed by atoms with Gasteiger partial charge >= 0.3 is 0 Å². The number of carbonyl (C=O) groups is 1. The van der Waals surface area contributed by atoms with Crippen molar-refractivity contribution in [3.8, 4) is 0 Å². The normalized spacial score (nSPS) is 18.6. The molecule has 0 aromatic heterocycles. The number of halogens is 2. The van der Waals surface area contributed by atoms with Gasteiger partial charge in [-0.2, -0.15) is 0 Å². The molecule has 0 atom stereocenters. The van der Waals surface area contributed by atoms with Crippen LogP contribution in [0.5, 0.6) is 0 Å². The van der Waals surface area contributed by atoms with Crippen LogP contribution in [0, 0.1) is 5.82 Å². The van der Waals surface area contributed by atoms with E-state index in [9.17, 15) is 9.18 Å². The van der Waals surface area contributed by atoms with Crippen LogP contribution in [0.15, 0.2) is 18.2 Å². The first-order chi connectivity index (χ1) is 8.51. The summed E-state index contributed by atoms with van der Waals surface area (Å²) in [6, 6.07) is 4.26. The summed E-state index contributed by atoms with van der Waals surface area (Å²) in [6.07, 6.45) is 4.50. The molecular weight excluding hydrogens is 253 g/mol. The zero-order valence-corrected chi connectivity index (χ0v) is 11.0. The van der Waals surface area contributed by atoms with Crippen LogP contribution in [0.3, 0.4) is 0 Å². The molecule has 0 saturated heterocycles. The van der Waals surface area contributed by atoms with E-state index < -0.39 is 11.4 Å². The van der Waals surface area contributed by atoms with E-state index in [2.05, 4.69) is 0 Å². The Balaban J connectivity index is 2.13. The lowest BCUT2D eigenvalue weighted by Gasteiger charge is -2.31. The second-order valence-corrected chi connectivity index (χ2v) is 5.49. The number of hydrogen-bond donors (Lipinski definition) is 1. The molecule has 18 heavy (non-hydrogen) atoms. The van der Waals surface area contributed by atoms with Crippen molar-refractivity contribution in [1.29, 1.82) is 0 Å². The molecule has 0 spiro atoms. The number of nitrogens with two attached hydrogens (primary N) is 1. The fourth-order valence-electron chi connectivity index (χ4n) is 2.49. The van der Waals surface area contributed by atoms with Gasteiger partial charge in [0.1, 0.15) is 5.82 Å². The van der Waals surface area contributed by atoms with Crippen LogP contribution >= 0.6 is 11.6 Å². The molecule has 0 unspecified atom stereocenters. The van der Waals surface area contributed by atoms with Gasteiger partial charge < -0.3 is 5.73 Å². The molecule has 0 radical (unpaired) electrons. The standard InChI is InChI=1S/C14H17ClFNO/c15-11-4-5-12(16)10(8-11)9-13(18)14(17)6-2-1-3-7-14/h4-5,8H,1-3,6-7,9,17H2. The average molecular weight is 270 g/mol. The largest absolute Gasteiger partial charge is 0.319 e. The highest BCUT2D eigenvalue weighted by Gasteiger charge is 2.34. The van der Waals surface area contributed by atoms with Crippen LogP contribution in [0.2, 0.25) is 5.02 Å². The van der Waals surface area contributed by atoms with E-state index in [0.29, 0.717) is 23.4 Å². The van der Waals surface area contributed by atoms with Gasteiger partial charge in [-0.05, 0) is 36.6 Å². The first-order valence-electron chi connectivity index (χ1n) is 6.27. The summed E-state index contributed by atoms with van der Waals surface area (Å²) in [6.45, 7) is 0. The molecular formula is C14H17ClFNO. The molecule has 1 aliphatic carbocycles. The van der Waals surface area contributed by atoms with Gasteiger partial charge in [0.2, 0.25) is 0 Å². The summed E-state index contributed by atoms with van der Waals surface area (Å²) in [5, 5.41) is 0.439. The summed E-state index contributed by atoms with van der Waals surface area (Å²) >= 11 is 5.81. The Bertz CT molecular complexity index is 455. The molecule has 2 rings (SSSR count). The third-order valence-electron chi connectivity index (χ3n) is 3.66. The van der Waals surface area contributed by atoms with Crippen molar-refractivity contribution in [2.75, 3.05) is 0 Å². The average Bonchev–Trinajstić information content (AvgIpc) is 2.35. The minimum absolute atomic E-state index is 0.0306. The smallest absolute Gasteiger partial charge is 0.157 e. The fraction of sp³-hybridized carbons (Fsp3) is 0.500. The first-order valence-corrected chi connectivity index (χ1v) is 6.65. The first kappa shape index (κ1) is 13.5. The van der Waals surface area contributed by atoms with Gasteiger partial charge in [0.05, 0.1) is 5.54 Å². The molecule has 1 aromatic carbocycles. The minimum atomic E-state index is -0.771. The summed E-state index contributed by atoms with van der Waals surface area (Å²) in [5.41, 5.74) is 5.70. The number of benzene rings is 1. The maximum atomic E-state index is 13.6. The lowest BCUT2D eigenvalue weighted by atomic mass is 9.78. The molecule has 1 saturated carbocycles. The molecule has 1 aliphatic rings. The molecule has 98 valence electrons. The Morgan fingerprint density at radius 2 is 2.00 bits per heavy atom. The van der Waals surface area contributed by atoms with Crippen LogP contribution in [0.25, 0.3) is 0 Å². The van der Waals surface area contributed by atoms with Crippen molar-refractivity contribution in [2.45, 2.75) is 44.1 Å². The van der Waals surface area contributed by atoms with E-state index in [4.69, 9.17) is 17.3 Å². The fourth-order valence-corrected chi connectivity index (χ4v) is 2.68. The maximum Gasteiger partial charge on any atom is 0.157 e. The highest BCUT2D eigenvalue weighted by atomic mass is 35.5. The minimum Gasteiger partial charge on any atom is -0.319 e. The van der Waals surface area contributed by atoms with Crippen molar-refractivity contribution < 1.29 is 9.18 Å². The van der Waals surface area contributed by atoms with Gasteiger partial charge in [-0.3, -0.25) is 4.79 Å². The quantitative estimate of drug-likeness (QED) is 0.915. The molecule has 0 heterocycles. The van der Waals surface area contributed by atoms with Gasteiger partial charge in [0.25, 0.3) is 0 Å². The number of hydrogen-bond acceptors (Lipinski definition) is 2. The maximum absolute atomic E-state index is 13.6. The molecule has 4 heteroatoms. The third-order valence-corrected chi connectivity index (χ3v) is 3.89. The van der Waals surface area contributed by atoms with Crippen molar-refractivity contribution >= 4 is 17.4 Å². The SMILES string of the molecule is NC1(C(=O)Cc2cc(Cl)ccc2F)CCCCC1. The molecule has 2 N–H and O–H groups in total. The molecule has 1 aromatic rings. The van der Waals surface area contributed by atoms with E-state index in [-0.39, 0.29) is 12.2 Å². The van der Waals surface area contributed by atoms with Crippen molar-refractivity contribution in [3.63, 3.8) is 0 Å². The van der Waals surface area contributed by atoms with Gasteiger partial charge in [0, 0.05) is 11.4 Å². The van der Waals surface area contributed by atoms with Gasteiger partial charge in [-0.1, -0.05) is 30.9 Å². The Morgan fingerprint density at radius 1 is 1.33 bits per heavy atom. The Hall–Kier alpha value is -0.930. The number of Topliss-reactive ketones (excluding diaryl/α,β-unsaturated/α-hetero) is 1. The van der Waals surface area contributed by atoms with E-state index in [1.165, 1.54) is 18.2 Å². The highest BCUT2D eigenvalue weighted by molar-refractivity contribution is 6.30.